The lowest BCUT2D eigenvalue weighted by molar-refractivity contribution is 0.221. The first-order valence-corrected chi connectivity index (χ1v) is 11.1. The Bertz CT molecular complexity index is 438. The van der Waals surface area contributed by atoms with Gasteiger partial charge in [0.05, 0.1) is 0 Å². The Balaban J connectivity index is 1.77. The SMILES string of the molecule is CC(C)(C)[Si](C)(C)OCCN1CCC(c2ccccc2)C1. The molecule has 118 valence electrons. The zero-order chi connectivity index (χ0) is 15.5. The number of rotatable bonds is 5. The molecule has 0 spiro atoms. The molecule has 0 aromatic heterocycles. The van der Waals surface area contributed by atoms with Crippen LogP contribution in [0, 0.1) is 0 Å². The zero-order valence-electron chi connectivity index (χ0n) is 14.4. The van der Waals surface area contributed by atoms with Crippen LogP contribution < -0.4 is 0 Å². The van der Waals surface area contributed by atoms with E-state index in [4.69, 9.17) is 4.43 Å². The van der Waals surface area contributed by atoms with Crippen LogP contribution in [0.1, 0.15) is 38.7 Å². The molecule has 1 fully saturated rings. The van der Waals surface area contributed by atoms with E-state index in [1.807, 2.05) is 0 Å². The number of nitrogens with zero attached hydrogens (tertiary/aromatic N) is 1. The molecule has 0 N–H and O–H groups in total. The van der Waals surface area contributed by atoms with Gasteiger partial charge in [-0.15, -0.1) is 0 Å². The highest BCUT2D eigenvalue weighted by Gasteiger charge is 2.37. The molecule has 2 rings (SSSR count). The third-order valence-corrected chi connectivity index (χ3v) is 9.76. The Kier molecular flexibility index (Phi) is 5.28. The number of likely N-dealkylation sites (tertiary alicyclic amines) is 1. The van der Waals surface area contributed by atoms with Crippen LogP contribution >= 0.6 is 0 Å². The molecule has 21 heavy (non-hydrogen) atoms. The molecule has 0 aliphatic carbocycles. The molecule has 1 aromatic rings. The van der Waals surface area contributed by atoms with Gasteiger partial charge in [-0.3, -0.25) is 0 Å². The van der Waals surface area contributed by atoms with E-state index in [0.29, 0.717) is 11.0 Å². The van der Waals surface area contributed by atoms with Crippen LogP contribution in [0.15, 0.2) is 30.3 Å². The summed E-state index contributed by atoms with van der Waals surface area (Å²) < 4.78 is 6.29. The summed E-state index contributed by atoms with van der Waals surface area (Å²) in [6.45, 7) is 16.0. The van der Waals surface area contributed by atoms with Crippen molar-refractivity contribution in [3.8, 4) is 0 Å². The molecular weight excluding hydrogens is 274 g/mol. The van der Waals surface area contributed by atoms with Crippen molar-refractivity contribution in [2.45, 2.75) is 51.2 Å². The molecule has 1 aromatic carbocycles. The van der Waals surface area contributed by atoms with Gasteiger partial charge < -0.3 is 9.33 Å². The Labute approximate surface area is 131 Å². The predicted molar refractivity (Wildman–Crippen MR) is 93.4 cm³/mol. The third-order valence-electron chi connectivity index (χ3n) is 5.22. The normalized spacial score (nSPS) is 20.9. The molecule has 1 heterocycles. The summed E-state index contributed by atoms with van der Waals surface area (Å²) in [7, 11) is -1.58. The van der Waals surface area contributed by atoms with Crippen molar-refractivity contribution >= 4 is 8.32 Å². The average Bonchev–Trinajstić information content (AvgIpc) is 2.87. The first kappa shape index (κ1) is 16.7. The second kappa shape index (κ2) is 6.63. The van der Waals surface area contributed by atoms with Gasteiger partial charge >= 0.3 is 0 Å². The van der Waals surface area contributed by atoms with Crippen LogP contribution in [0.25, 0.3) is 0 Å². The van der Waals surface area contributed by atoms with Gasteiger partial charge in [0.2, 0.25) is 0 Å². The van der Waals surface area contributed by atoms with Gasteiger partial charge in [-0.1, -0.05) is 51.1 Å². The molecule has 0 radical (unpaired) electrons. The lowest BCUT2D eigenvalue weighted by atomic mass is 9.99. The Morgan fingerprint density at radius 1 is 1.19 bits per heavy atom. The van der Waals surface area contributed by atoms with Gasteiger partial charge in [0, 0.05) is 19.7 Å². The van der Waals surface area contributed by atoms with Gasteiger partial charge in [-0.25, -0.2) is 0 Å². The van der Waals surface area contributed by atoms with E-state index >= 15 is 0 Å². The van der Waals surface area contributed by atoms with Crippen molar-refractivity contribution in [2.75, 3.05) is 26.2 Å². The van der Waals surface area contributed by atoms with Crippen molar-refractivity contribution in [3.05, 3.63) is 35.9 Å². The molecule has 1 aliphatic heterocycles. The first-order chi connectivity index (χ1) is 9.79. The van der Waals surface area contributed by atoms with E-state index in [9.17, 15) is 0 Å². The van der Waals surface area contributed by atoms with Crippen molar-refractivity contribution in [3.63, 3.8) is 0 Å². The molecule has 1 atom stereocenters. The molecule has 0 saturated carbocycles. The summed E-state index contributed by atoms with van der Waals surface area (Å²) >= 11 is 0. The van der Waals surface area contributed by atoms with E-state index in [1.54, 1.807) is 0 Å². The summed E-state index contributed by atoms with van der Waals surface area (Å²) in [6, 6.07) is 10.9. The van der Waals surface area contributed by atoms with Crippen molar-refractivity contribution in [1.29, 1.82) is 0 Å². The molecule has 2 nitrogen and oxygen atoms in total. The number of hydrogen-bond acceptors (Lipinski definition) is 2. The number of hydrogen-bond donors (Lipinski definition) is 0. The van der Waals surface area contributed by atoms with Gasteiger partial charge in [0.15, 0.2) is 8.32 Å². The second-order valence-corrected chi connectivity index (χ2v) is 12.6. The lowest BCUT2D eigenvalue weighted by Gasteiger charge is -2.36. The van der Waals surface area contributed by atoms with E-state index in [-0.39, 0.29) is 0 Å². The fraction of sp³-hybridized carbons (Fsp3) is 0.667. The third kappa shape index (κ3) is 4.41. The average molecular weight is 306 g/mol. The predicted octanol–water partition coefficient (Wildman–Crippen LogP) is 4.50. The van der Waals surface area contributed by atoms with E-state index in [1.165, 1.54) is 25.1 Å². The summed E-state index contributed by atoms with van der Waals surface area (Å²) in [5.74, 6) is 0.707. The molecule has 1 unspecified atom stereocenters. The van der Waals surface area contributed by atoms with Gasteiger partial charge in [-0.2, -0.15) is 0 Å². The van der Waals surface area contributed by atoms with Gasteiger partial charge in [0.1, 0.15) is 0 Å². The van der Waals surface area contributed by atoms with Crippen LogP contribution in [-0.4, -0.2) is 39.5 Å². The maximum Gasteiger partial charge on any atom is 0.192 e. The molecule has 0 amide bonds. The molecule has 3 heteroatoms. The molecule has 1 saturated heterocycles. The van der Waals surface area contributed by atoms with Crippen LogP contribution in [-0.2, 0) is 4.43 Å². The Morgan fingerprint density at radius 2 is 1.86 bits per heavy atom. The van der Waals surface area contributed by atoms with Gasteiger partial charge in [-0.05, 0) is 42.6 Å². The monoisotopic (exact) mass is 305 g/mol. The summed E-state index contributed by atoms with van der Waals surface area (Å²) in [5.41, 5.74) is 1.49. The van der Waals surface area contributed by atoms with Crippen LogP contribution in [0.5, 0.6) is 0 Å². The molecule has 1 aliphatic rings. The first-order valence-electron chi connectivity index (χ1n) is 8.21. The van der Waals surface area contributed by atoms with E-state index in [0.717, 1.165) is 13.2 Å². The minimum absolute atomic E-state index is 0.310. The highest BCUT2D eigenvalue weighted by molar-refractivity contribution is 6.74. The fourth-order valence-electron chi connectivity index (χ4n) is 2.68. The minimum atomic E-state index is -1.58. The zero-order valence-corrected chi connectivity index (χ0v) is 15.4. The maximum atomic E-state index is 6.29. The summed E-state index contributed by atoms with van der Waals surface area (Å²) in [6.07, 6.45) is 1.28. The van der Waals surface area contributed by atoms with Gasteiger partial charge in [0.25, 0.3) is 0 Å². The maximum absolute atomic E-state index is 6.29. The minimum Gasteiger partial charge on any atom is -0.416 e. The quantitative estimate of drug-likeness (QED) is 0.743. The number of benzene rings is 1. The highest BCUT2D eigenvalue weighted by Crippen LogP contribution is 2.36. The highest BCUT2D eigenvalue weighted by atomic mass is 28.4. The largest absolute Gasteiger partial charge is 0.416 e. The second-order valence-electron chi connectivity index (χ2n) is 7.81. The van der Waals surface area contributed by atoms with Crippen molar-refractivity contribution in [1.82, 2.24) is 4.90 Å². The lowest BCUT2D eigenvalue weighted by Crippen LogP contribution is -2.42. The van der Waals surface area contributed by atoms with Crippen LogP contribution in [0.4, 0.5) is 0 Å². The molecule has 0 bridgehead atoms. The Hall–Kier alpha value is -0.643. The fourth-order valence-corrected chi connectivity index (χ4v) is 3.71. The standard InChI is InChI=1S/C18H31NOSi/c1-18(2,3)21(4,5)20-14-13-19-12-11-17(15-19)16-9-7-6-8-10-16/h6-10,17H,11-15H2,1-5H3. The summed E-state index contributed by atoms with van der Waals surface area (Å²) in [5, 5.41) is 0.310. The van der Waals surface area contributed by atoms with E-state index in [2.05, 4.69) is 69.1 Å². The topological polar surface area (TPSA) is 12.5 Å². The van der Waals surface area contributed by atoms with E-state index < -0.39 is 8.32 Å². The smallest absolute Gasteiger partial charge is 0.192 e. The van der Waals surface area contributed by atoms with Crippen LogP contribution in [0.2, 0.25) is 18.1 Å². The molecular formula is C18H31NOSi. The Morgan fingerprint density at radius 3 is 2.48 bits per heavy atom. The van der Waals surface area contributed by atoms with Crippen molar-refractivity contribution in [2.24, 2.45) is 0 Å². The van der Waals surface area contributed by atoms with Crippen LogP contribution in [0.3, 0.4) is 0 Å². The summed E-state index contributed by atoms with van der Waals surface area (Å²) in [4.78, 5) is 2.56. The van der Waals surface area contributed by atoms with Crippen molar-refractivity contribution < 1.29 is 4.43 Å².